The molecule has 1 saturated heterocycles. The van der Waals surface area contributed by atoms with Crippen LogP contribution in [0.15, 0.2) is 48.5 Å². The quantitative estimate of drug-likeness (QED) is 0.792. The van der Waals surface area contributed by atoms with E-state index >= 15 is 0 Å². The van der Waals surface area contributed by atoms with Crippen molar-refractivity contribution in [2.45, 2.75) is 13.8 Å². The highest BCUT2D eigenvalue weighted by Crippen LogP contribution is 2.17. The van der Waals surface area contributed by atoms with Crippen molar-refractivity contribution in [1.82, 2.24) is 10.6 Å². The lowest BCUT2D eigenvalue weighted by Crippen LogP contribution is -2.35. The summed E-state index contributed by atoms with van der Waals surface area (Å²) in [5.74, 6) is -0.104. The molecule has 6 heteroatoms. The molecule has 0 bridgehead atoms. The Morgan fingerprint density at radius 2 is 2.00 bits per heavy atom. The number of carbonyl (C=O) groups excluding carboxylic acids is 2. The van der Waals surface area contributed by atoms with E-state index in [1.165, 1.54) is 11.3 Å². The second-order valence-corrected chi connectivity index (χ2v) is 6.61. The lowest BCUT2D eigenvalue weighted by atomic mass is 10.2. The number of nitrogens with zero attached hydrogens (tertiary/aromatic N) is 2. The van der Waals surface area contributed by atoms with Gasteiger partial charge in [0.2, 0.25) is 0 Å². The number of amides is 3. The number of anilines is 2. The minimum Gasteiger partial charge on any atom is -0.370 e. The predicted octanol–water partition coefficient (Wildman–Crippen LogP) is 2.78. The van der Waals surface area contributed by atoms with Gasteiger partial charge in [-0.15, -0.1) is 0 Å². The summed E-state index contributed by atoms with van der Waals surface area (Å²) in [6, 6.07) is 15.4. The van der Waals surface area contributed by atoms with Gasteiger partial charge in [0.05, 0.1) is 0 Å². The summed E-state index contributed by atoms with van der Waals surface area (Å²) in [7, 11) is 0. The SMILES string of the molecule is CCN(CCNC(=O)c1ccc(N2CCNC2=O)cc1)c1cccc(C)c1. The van der Waals surface area contributed by atoms with Gasteiger partial charge in [-0.1, -0.05) is 12.1 Å². The standard InChI is InChI=1S/C21H26N4O2/c1-3-24(19-6-4-5-16(2)15-19)13-11-22-20(26)17-7-9-18(10-8-17)25-14-12-23-21(25)27/h4-10,15H,3,11-14H2,1-2H3,(H,22,26)(H,23,27). The lowest BCUT2D eigenvalue weighted by molar-refractivity contribution is 0.0954. The van der Waals surface area contributed by atoms with Gasteiger partial charge in [-0.2, -0.15) is 0 Å². The highest BCUT2D eigenvalue weighted by Gasteiger charge is 2.21. The summed E-state index contributed by atoms with van der Waals surface area (Å²) >= 11 is 0. The van der Waals surface area contributed by atoms with Gasteiger partial charge in [0.25, 0.3) is 5.91 Å². The first-order chi connectivity index (χ1) is 13.1. The van der Waals surface area contributed by atoms with E-state index in [-0.39, 0.29) is 11.9 Å². The van der Waals surface area contributed by atoms with Gasteiger partial charge in [-0.25, -0.2) is 4.79 Å². The fourth-order valence-corrected chi connectivity index (χ4v) is 3.21. The first-order valence-corrected chi connectivity index (χ1v) is 9.33. The summed E-state index contributed by atoms with van der Waals surface area (Å²) in [5.41, 5.74) is 3.79. The molecule has 0 aromatic heterocycles. The molecule has 3 amide bonds. The maximum absolute atomic E-state index is 12.4. The summed E-state index contributed by atoms with van der Waals surface area (Å²) in [5, 5.41) is 5.74. The van der Waals surface area contributed by atoms with Crippen molar-refractivity contribution in [2.75, 3.05) is 42.5 Å². The van der Waals surface area contributed by atoms with Crippen LogP contribution >= 0.6 is 0 Å². The molecule has 0 spiro atoms. The topological polar surface area (TPSA) is 64.7 Å². The molecule has 0 saturated carbocycles. The van der Waals surface area contributed by atoms with Crippen LogP contribution in [0.5, 0.6) is 0 Å². The van der Waals surface area contributed by atoms with E-state index in [2.05, 4.69) is 47.6 Å². The minimum absolute atomic E-state index is 0.0944. The van der Waals surface area contributed by atoms with Crippen molar-refractivity contribution < 1.29 is 9.59 Å². The Labute approximate surface area is 160 Å². The number of rotatable bonds is 7. The highest BCUT2D eigenvalue weighted by molar-refractivity contribution is 5.97. The monoisotopic (exact) mass is 366 g/mol. The molecular formula is C21H26N4O2. The molecular weight excluding hydrogens is 340 g/mol. The van der Waals surface area contributed by atoms with Crippen LogP contribution in [0.1, 0.15) is 22.8 Å². The molecule has 3 rings (SSSR count). The zero-order valence-corrected chi connectivity index (χ0v) is 15.9. The molecule has 0 aliphatic carbocycles. The molecule has 2 aromatic carbocycles. The van der Waals surface area contributed by atoms with Gasteiger partial charge < -0.3 is 15.5 Å². The third-order valence-electron chi connectivity index (χ3n) is 4.71. The normalized spacial score (nSPS) is 13.4. The molecule has 27 heavy (non-hydrogen) atoms. The Morgan fingerprint density at radius 3 is 2.63 bits per heavy atom. The number of aryl methyl sites for hydroxylation is 1. The minimum atomic E-state index is -0.104. The van der Waals surface area contributed by atoms with E-state index in [9.17, 15) is 9.59 Å². The fraction of sp³-hybridized carbons (Fsp3) is 0.333. The zero-order valence-electron chi connectivity index (χ0n) is 15.9. The lowest BCUT2D eigenvalue weighted by Gasteiger charge is -2.23. The Kier molecular flexibility index (Phi) is 5.96. The summed E-state index contributed by atoms with van der Waals surface area (Å²) in [4.78, 5) is 28.0. The Hall–Kier alpha value is -3.02. The average Bonchev–Trinajstić information content (AvgIpc) is 3.11. The molecule has 2 N–H and O–H groups in total. The maximum Gasteiger partial charge on any atom is 0.321 e. The average molecular weight is 366 g/mol. The number of likely N-dealkylation sites (N-methyl/N-ethyl adjacent to an activating group) is 1. The van der Waals surface area contributed by atoms with Crippen molar-refractivity contribution in [3.8, 4) is 0 Å². The van der Waals surface area contributed by atoms with Crippen LogP contribution in [-0.4, -0.2) is 44.7 Å². The van der Waals surface area contributed by atoms with Crippen LogP contribution in [0.25, 0.3) is 0 Å². The first kappa shape index (κ1) is 18.8. The van der Waals surface area contributed by atoms with E-state index in [0.29, 0.717) is 25.2 Å². The van der Waals surface area contributed by atoms with Gasteiger partial charge in [0.1, 0.15) is 0 Å². The third kappa shape index (κ3) is 4.58. The second kappa shape index (κ2) is 8.58. The number of hydrogen-bond acceptors (Lipinski definition) is 3. The van der Waals surface area contributed by atoms with E-state index in [0.717, 1.165) is 18.8 Å². The number of urea groups is 1. The largest absolute Gasteiger partial charge is 0.370 e. The first-order valence-electron chi connectivity index (χ1n) is 9.33. The van der Waals surface area contributed by atoms with Crippen molar-refractivity contribution in [3.63, 3.8) is 0 Å². The van der Waals surface area contributed by atoms with E-state index in [1.807, 2.05) is 18.2 Å². The molecule has 2 aromatic rings. The van der Waals surface area contributed by atoms with E-state index in [1.54, 1.807) is 17.0 Å². The van der Waals surface area contributed by atoms with Crippen LogP contribution in [-0.2, 0) is 0 Å². The van der Waals surface area contributed by atoms with Gasteiger partial charge in [-0.3, -0.25) is 9.69 Å². The second-order valence-electron chi connectivity index (χ2n) is 6.61. The predicted molar refractivity (Wildman–Crippen MR) is 109 cm³/mol. The molecule has 1 fully saturated rings. The molecule has 1 aliphatic rings. The Morgan fingerprint density at radius 1 is 1.22 bits per heavy atom. The van der Waals surface area contributed by atoms with Gasteiger partial charge in [0.15, 0.2) is 0 Å². The van der Waals surface area contributed by atoms with Crippen molar-refractivity contribution in [2.24, 2.45) is 0 Å². The summed E-state index contributed by atoms with van der Waals surface area (Å²) in [6.07, 6.45) is 0. The third-order valence-corrected chi connectivity index (χ3v) is 4.71. The molecule has 1 heterocycles. The van der Waals surface area contributed by atoms with Crippen molar-refractivity contribution in [3.05, 3.63) is 59.7 Å². The van der Waals surface area contributed by atoms with Crippen molar-refractivity contribution >= 4 is 23.3 Å². The molecule has 0 atom stereocenters. The van der Waals surface area contributed by atoms with Gasteiger partial charge >= 0.3 is 6.03 Å². The number of carbonyl (C=O) groups is 2. The number of nitrogens with one attached hydrogen (secondary N) is 2. The van der Waals surface area contributed by atoms with Gasteiger partial charge in [-0.05, 0) is 55.8 Å². The fourth-order valence-electron chi connectivity index (χ4n) is 3.21. The van der Waals surface area contributed by atoms with Crippen LogP contribution in [0.4, 0.5) is 16.2 Å². The zero-order chi connectivity index (χ0) is 19.2. The Balaban J connectivity index is 1.53. The molecule has 0 radical (unpaired) electrons. The van der Waals surface area contributed by atoms with Crippen LogP contribution < -0.4 is 20.4 Å². The van der Waals surface area contributed by atoms with Gasteiger partial charge in [0, 0.05) is 49.7 Å². The highest BCUT2D eigenvalue weighted by atomic mass is 16.2. The van der Waals surface area contributed by atoms with Crippen LogP contribution in [0.2, 0.25) is 0 Å². The summed E-state index contributed by atoms with van der Waals surface area (Å²) < 4.78 is 0. The Bertz CT molecular complexity index is 804. The maximum atomic E-state index is 12.4. The van der Waals surface area contributed by atoms with Crippen LogP contribution in [0.3, 0.4) is 0 Å². The number of hydrogen-bond donors (Lipinski definition) is 2. The molecule has 1 aliphatic heterocycles. The van der Waals surface area contributed by atoms with Crippen molar-refractivity contribution in [1.29, 1.82) is 0 Å². The molecule has 6 nitrogen and oxygen atoms in total. The van der Waals surface area contributed by atoms with E-state index < -0.39 is 0 Å². The number of benzene rings is 2. The smallest absolute Gasteiger partial charge is 0.321 e. The van der Waals surface area contributed by atoms with E-state index in [4.69, 9.17) is 0 Å². The molecule has 0 unspecified atom stereocenters. The summed E-state index contributed by atoms with van der Waals surface area (Å²) in [6.45, 7) is 7.68. The van der Waals surface area contributed by atoms with Crippen LogP contribution in [0, 0.1) is 6.92 Å². The molecule has 142 valence electrons.